The lowest BCUT2D eigenvalue weighted by molar-refractivity contribution is -0.192. The molecule has 0 radical (unpaired) electrons. The van der Waals surface area contributed by atoms with E-state index in [1.165, 1.54) is 22.3 Å². The van der Waals surface area contributed by atoms with Gasteiger partial charge in [0.2, 0.25) is 5.91 Å². The summed E-state index contributed by atoms with van der Waals surface area (Å²) in [4.78, 5) is 21.0. The molecule has 212 valence electrons. The molecule has 3 heterocycles. The average molecular weight is 557 g/mol. The number of aryl methyl sites for hydroxylation is 2. The number of para-hydroxylation sites is 1. The van der Waals surface area contributed by atoms with Crippen LogP contribution in [0.4, 0.5) is 18.9 Å². The third-order valence-electron chi connectivity index (χ3n) is 6.87. The summed E-state index contributed by atoms with van der Waals surface area (Å²) in [6.07, 6.45) is -0.532. The van der Waals surface area contributed by atoms with Gasteiger partial charge < -0.3 is 21.1 Å². The second-order valence-corrected chi connectivity index (χ2v) is 9.53. The number of carboxylic acid groups (broad SMARTS) is 1. The van der Waals surface area contributed by atoms with Gasteiger partial charge in [-0.3, -0.25) is 4.79 Å². The second kappa shape index (κ2) is 12.3. The SMILES string of the molecule is CNC(=O)Cc1ccccc1NC1CCn2nnc(C)c2-c2ccc(C3=CCNCC3)cc21.O=C(O)C(F)(F)F. The third-order valence-corrected chi connectivity index (χ3v) is 6.87. The van der Waals surface area contributed by atoms with E-state index in [4.69, 9.17) is 9.90 Å². The summed E-state index contributed by atoms with van der Waals surface area (Å²) in [5.74, 6) is -2.75. The molecule has 1 amide bonds. The number of carboxylic acids is 1. The number of aliphatic carboxylic acids is 1. The molecule has 1 aromatic heterocycles. The summed E-state index contributed by atoms with van der Waals surface area (Å²) in [7, 11) is 1.68. The largest absolute Gasteiger partial charge is 0.490 e. The fourth-order valence-corrected chi connectivity index (χ4v) is 4.86. The molecular formula is C28H31F3N6O3. The summed E-state index contributed by atoms with van der Waals surface area (Å²) in [6.45, 7) is 4.73. The average Bonchev–Trinajstić information content (AvgIpc) is 3.23. The van der Waals surface area contributed by atoms with Crippen LogP contribution in [0.3, 0.4) is 0 Å². The number of hydrogen-bond donors (Lipinski definition) is 4. The highest BCUT2D eigenvalue weighted by molar-refractivity contribution is 5.80. The summed E-state index contributed by atoms with van der Waals surface area (Å²) in [5, 5.41) is 25.8. The Balaban J connectivity index is 0.000000470. The number of anilines is 1. The molecule has 2 aliphatic rings. The Bertz CT molecular complexity index is 1420. The first-order valence-corrected chi connectivity index (χ1v) is 12.9. The van der Waals surface area contributed by atoms with Gasteiger partial charge in [0.05, 0.1) is 23.9 Å². The Kier molecular flexibility index (Phi) is 8.88. The number of halogens is 3. The molecule has 3 aromatic rings. The fourth-order valence-electron chi connectivity index (χ4n) is 4.86. The maximum atomic E-state index is 12.1. The van der Waals surface area contributed by atoms with E-state index in [2.05, 4.69) is 56.6 Å². The summed E-state index contributed by atoms with van der Waals surface area (Å²) < 4.78 is 33.8. The first-order chi connectivity index (χ1) is 19.1. The Morgan fingerprint density at radius 1 is 1.20 bits per heavy atom. The minimum atomic E-state index is -5.08. The lowest BCUT2D eigenvalue weighted by atomic mass is 9.90. The monoisotopic (exact) mass is 556 g/mol. The quantitative estimate of drug-likeness (QED) is 0.373. The first kappa shape index (κ1) is 28.8. The molecule has 0 saturated carbocycles. The van der Waals surface area contributed by atoms with Gasteiger partial charge in [0.1, 0.15) is 0 Å². The molecule has 1 unspecified atom stereocenters. The minimum absolute atomic E-state index is 0.00693. The zero-order chi connectivity index (χ0) is 28.9. The highest BCUT2D eigenvalue weighted by atomic mass is 19.4. The smallest absolute Gasteiger partial charge is 0.475 e. The van der Waals surface area contributed by atoms with Gasteiger partial charge in [0.25, 0.3) is 0 Å². The van der Waals surface area contributed by atoms with Crippen LogP contribution in [0.2, 0.25) is 0 Å². The number of likely N-dealkylation sites (N-methyl/N-ethyl adjacent to an activating group) is 1. The normalized spacial score (nSPS) is 16.3. The predicted octanol–water partition coefficient (Wildman–Crippen LogP) is 4.11. The van der Waals surface area contributed by atoms with Crippen molar-refractivity contribution in [3.63, 3.8) is 0 Å². The number of alkyl halides is 3. The molecular weight excluding hydrogens is 525 g/mol. The maximum absolute atomic E-state index is 12.1. The number of aromatic nitrogens is 3. The van der Waals surface area contributed by atoms with E-state index in [9.17, 15) is 18.0 Å². The summed E-state index contributed by atoms with van der Waals surface area (Å²) in [6, 6.07) is 15.0. The predicted molar refractivity (Wildman–Crippen MR) is 145 cm³/mol. The number of fused-ring (bicyclic) bond motifs is 3. The zero-order valence-corrected chi connectivity index (χ0v) is 22.2. The maximum Gasteiger partial charge on any atom is 0.490 e. The molecule has 0 fully saturated rings. The van der Waals surface area contributed by atoms with Crippen molar-refractivity contribution in [1.82, 2.24) is 25.6 Å². The lowest BCUT2D eigenvalue weighted by Gasteiger charge is -2.24. The van der Waals surface area contributed by atoms with E-state index in [0.717, 1.165) is 55.1 Å². The number of carbonyl (C=O) groups excluding carboxylic acids is 1. The van der Waals surface area contributed by atoms with Crippen LogP contribution in [0.15, 0.2) is 48.5 Å². The number of benzene rings is 2. The number of nitrogens with one attached hydrogen (secondary N) is 3. The van der Waals surface area contributed by atoms with Gasteiger partial charge in [-0.25, -0.2) is 9.48 Å². The molecule has 0 aliphatic carbocycles. The minimum Gasteiger partial charge on any atom is -0.475 e. The van der Waals surface area contributed by atoms with Crippen LogP contribution in [-0.2, 0) is 22.6 Å². The van der Waals surface area contributed by atoms with Crippen LogP contribution in [-0.4, -0.2) is 58.3 Å². The first-order valence-electron chi connectivity index (χ1n) is 12.9. The molecule has 2 aromatic carbocycles. The van der Waals surface area contributed by atoms with Crippen molar-refractivity contribution in [3.8, 4) is 11.3 Å². The van der Waals surface area contributed by atoms with Gasteiger partial charge in [-0.15, -0.1) is 5.10 Å². The zero-order valence-electron chi connectivity index (χ0n) is 22.2. The molecule has 40 heavy (non-hydrogen) atoms. The van der Waals surface area contributed by atoms with E-state index in [1.54, 1.807) is 7.05 Å². The van der Waals surface area contributed by atoms with Crippen molar-refractivity contribution < 1.29 is 27.9 Å². The number of carbonyl (C=O) groups is 2. The van der Waals surface area contributed by atoms with Crippen LogP contribution in [0.25, 0.3) is 16.8 Å². The van der Waals surface area contributed by atoms with Crippen molar-refractivity contribution >= 4 is 23.1 Å². The van der Waals surface area contributed by atoms with Crippen molar-refractivity contribution in [1.29, 1.82) is 0 Å². The molecule has 0 spiro atoms. The standard InChI is InChI=1S/C26H30N6O.C2HF3O2/c1-17-26-21-8-7-19(18-9-12-28-13-10-18)15-22(21)24(11-14-32(26)31-30-17)29-23-6-4-3-5-20(23)16-25(33)27-2;3-2(4,5)1(6)7/h3-9,15,24,28-29H,10-14,16H2,1-2H3,(H,27,33);(H,6,7). The van der Waals surface area contributed by atoms with Crippen LogP contribution in [0, 0.1) is 6.92 Å². The number of hydrogen-bond acceptors (Lipinski definition) is 6. The molecule has 4 N–H and O–H groups in total. The van der Waals surface area contributed by atoms with Gasteiger partial charge in [-0.2, -0.15) is 13.2 Å². The van der Waals surface area contributed by atoms with Crippen LogP contribution < -0.4 is 16.0 Å². The number of amides is 1. The van der Waals surface area contributed by atoms with E-state index < -0.39 is 12.1 Å². The lowest BCUT2D eigenvalue weighted by Crippen LogP contribution is -2.21. The van der Waals surface area contributed by atoms with Gasteiger partial charge in [-0.1, -0.05) is 41.6 Å². The summed E-state index contributed by atoms with van der Waals surface area (Å²) in [5.41, 5.74) is 9.14. The molecule has 1 atom stereocenters. The molecule has 0 saturated heterocycles. The van der Waals surface area contributed by atoms with E-state index >= 15 is 0 Å². The Labute approximate surface area is 229 Å². The van der Waals surface area contributed by atoms with Gasteiger partial charge in [-0.05, 0) is 60.7 Å². The van der Waals surface area contributed by atoms with Crippen molar-refractivity contribution in [2.75, 3.05) is 25.5 Å². The Morgan fingerprint density at radius 2 is 1.95 bits per heavy atom. The molecule has 0 bridgehead atoms. The second-order valence-electron chi connectivity index (χ2n) is 9.53. The Morgan fingerprint density at radius 3 is 2.62 bits per heavy atom. The Hall–Kier alpha value is -4.19. The van der Waals surface area contributed by atoms with Gasteiger partial charge in [0, 0.05) is 31.4 Å². The highest BCUT2D eigenvalue weighted by Gasteiger charge is 2.38. The van der Waals surface area contributed by atoms with Gasteiger partial charge in [0.15, 0.2) is 0 Å². The molecule has 9 nitrogen and oxygen atoms in total. The van der Waals surface area contributed by atoms with E-state index in [1.807, 2.05) is 29.8 Å². The topological polar surface area (TPSA) is 121 Å². The van der Waals surface area contributed by atoms with Gasteiger partial charge >= 0.3 is 12.1 Å². The summed E-state index contributed by atoms with van der Waals surface area (Å²) >= 11 is 0. The van der Waals surface area contributed by atoms with Crippen molar-refractivity contribution in [2.24, 2.45) is 0 Å². The molecule has 5 rings (SSSR count). The van der Waals surface area contributed by atoms with Crippen LogP contribution in [0.1, 0.15) is 41.3 Å². The third kappa shape index (κ3) is 6.68. The fraction of sp³-hybridized carbons (Fsp3) is 0.357. The van der Waals surface area contributed by atoms with E-state index in [0.29, 0.717) is 6.42 Å². The number of rotatable bonds is 5. The van der Waals surface area contributed by atoms with E-state index in [-0.39, 0.29) is 11.9 Å². The van der Waals surface area contributed by atoms with Crippen molar-refractivity contribution in [2.45, 2.75) is 44.9 Å². The van der Waals surface area contributed by atoms with Crippen LogP contribution >= 0.6 is 0 Å². The highest BCUT2D eigenvalue weighted by Crippen LogP contribution is 2.39. The molecule has 2 aliphatic heterocycles. The van der Waals surface area contributed by atoms with Crippen molar-refractivity contribution in [3.05, 3.63) is 70.9 Å². The van der Waals surface area contributed by atoms with Crippen LogP contribution in [0.5, 0.6) is 0 Å². The number of nitrogens with zero attached hydrogens (tertiary/aromatic N) is 3. The molecule has 12 heteroatoms.